The van der Waals surface area contributed by atoms with Gasteiger partial charge in [0.05, 0.1) is 12.7 Å². The molecule has 2 rings (SSSR count). The molecule has 1 aliphatic rings. The largest absolute Gasteiger partial charge is 0.373 e. The molecule has 1 aromatic heterocycles. The maximum absolute atomic E-state index is 12.1. The van der Waals surface area contributed by atoms with Crippen molar-refractivity contribution in [2.24, 2.45) is 0 Å². The van der Waals surface area contributed by atoms with E-state index in [0.29, 0.717) is 25.5 Å². The predicted octanol–water partition coefficient (Wildman–Crippen LogP) is -0.826. The lowest BCUT2D eigenvalue weighted by Gasteiger charge is -2.32. The number of rotatable bonds is 3. The van der Waals surface area contributed by atoms with Crippen LogP contribution in [0.2, 0.25) is 0 Å². The minimum atomic E-state index is -0.140. The first-order valence-electron chi connectivity index (χ1n) is 5.65. The van der Waals surface area contributed by atoms with Crippen LogP contribution in [0.25, 0.3) is 0 Å². The van der Waals surface area contributed by atoms with Crippen LogP contribution in [0.1, 0.15) is 16.4 Å². The molecule has 1 saturated heterocycles. The summed E-state index contributed by atoms with van der Waals surface area (Å²) >= 11 is 0. The summed E-state index contributed by atoms with van der Waals surface area (Å²) in [4.78, 5) is 17.8. The van der Waals surface area contributed by atoms with E-state index in [0.717, 1.165) is 6.54 Å². The number of aromatic amines is 1. The van der Waals surface area contributed by atoms with Gasteiger partial charge in [0.15, 0.2) is 0 Å². The van der Waals surface area contributed by atoms with Crippen molar-refractivity contribution in [2.45, 2.75) is 13.0 Å². The number of nitrogens with one attached hydrogen (secondary N) is 2. The van der Waals surface area contributed by atoms with Gasteiger partial charge in [-0.25, -0.2) is 4.98 Å². The number of hydrogen-bond donors (Lipinski definition) is 2. The Morgan fingerprint density at radius 3 is 3.18 bits per heavy atom. The average molecular weight is 239 g/mol. The van der Waals surface area contributed by atoms with Crippen LogP contribution in [0, 0.1) is 6.92 Å². The van der Waals surface area contributed by atoms with Crippen molar-refractivity contribution in [3.05, 3.63) is 11.6 Å². The molecule has 0 saturated carbocycles. The zero-order valence-electron chi connectivity index (χ0n) is 10.1. The molecule has 1 aliphatic heterocycles. The van der Waals surface area contributed by atoms with Gasteiger partial charge in [0, 0.05) is 19.6 Å². The number of aromatic nitrogens is 3. The summed E-state index contributed by atoms with van der Waals surface area (Å²) < 4.78 is 5.53. The number of morpholine rings is 1. The van der Waals surface area contributed by atoms with Crippen LogP contribution in [0.3, 0.4) is 0 Å². The number of aryl methyl sites for hydroxylation is 1. The molecule has 17 heavy (non-hydrogen) atoms. The third kappa shape index (κ3) is 2.80. The lowest BCUT2D eigenvalue weighted by atomic mass is 10.2. The third-order valence-electron chi connectivity index (χ3n) is 2.65. The van der Waals surface area contributed by atoms with Gasteiger partial charge in [-0.05, 0) is 14.0 Å². The summed E-state index contributed by atoms with van der Waals surface area (Å²) in [5, 5.41) is 9.59. The van der Waals surface area contributed by atoms with E-state index in [2.05, 4.69) is 20.5 Å². The van der Waals surface area contributed by atoms with Gasteiger partial charge in [-0.2, -0.15) is 0 Å². The Morgan fingerprint density at radius 2 is 2.53 bits per heavy atom. The summed E-state index contributed by atoms with van der Waals surface area (Å²) in [6.07, 6.45) is 0.0396. The number of carbonyl (C=O) groups excluding carboxylic acids is 1. The van der Waals surface area contributed by atoms with Crippen molar-refractivity contribution in [3.8, 4) is 0 Å². The second-order valence-corrected chi connectivity index (χ2v) is 4.05. The fourth-order valence-electron chi connectivity index (χ4n) is 1.83. The van der Waals surface area contributed by atoms with E-state index in [4.69, 9.17) is 4.74 Å². The minimum Gasteiger partial charge on any atom is -0.373 e. The van der Waals surface area contributed by atoms with Crippen molar-refractivity contribution in [1.29, 1.82) is 0 Å². The van der Waals surface area contributed by atoms with Crippen LogP contribution in [0.15, 0.2) is 0 Å². The molecule has 2 heterocycles. The number of H-pyrrole nitrogens is 1. The lowest BCUT2D eigenvalue weighted by Crippen LogP contribution is -2.48. The Hall–Kier alpha value is -1.47. The molecular weight excluding hydrogens is 222 g/mol. The molecule has 0 spiro atoms. The Balaban J connectivity index is 1.99. The van der Waals surface area contributed by atoms with E-state index >= 15 is 0 Å². The number of nitrogens with zero attached hydrogens (tertiary/aromatic N) is 3. The molecule has 0 aromatic carbocycles. The Bertz CT molecular complexity index is 390. The predicted molar refractivity (Wildman–Crippen MR) is 60.7 cm³/mol. The number of hydrogen-bond acceptors (Lipinski definition) is 5. The van der Waals surface area contributed by atoms with Crippen LogP contribution < -0.4 is 5.32 Å². The second kappa shape index (κ2) is 5.24. The zero-order chi connectivity index (χ0) is 12.3. The van der Waals surface area contributed by atoms with Gasteiger partial charge in [-0.15, -0.1) is 5.10 Å². The highest BCUT2D eigenvalue weighted by Gasteiger charge is 2.26. The number of carbonyl (C=O) groups is 1. The van der Waals surface area contributed by atoms with Crippen molar-refractivity contribution in [2.75, 3.05) is 33.3 Å². The molecule has 7 heteroatoms. The fourth-order valence-corrected chi connectivity index (χ4v) is 1.83. The molecule has 0 bridgehead atoms. The standard InChI is InChI=1S/C10H17N5O2/c1-7-12-9(14-13-7)10(16)15-3-4-17-8(6-15)5-11-2/h8,11H,3-6H2,1-2H3,(H,12,13,14). The molecule has 0 radical (unpaired) electrons. The van der Waals surface area contributed by atoms with E-state index in [1.54, 1.807) is 11.8 Å². The zero-order valence-corrected chi connectivity index (χ0v) is 10.1. The summed E-state index contributed by atoms with van der Waals surface area (Å²) in [5.41, 5.74) is 0. The average Bonchev–Trinajstić information content (AvgIpc) is 2.76. The molecular formula is C10H17N5O2. The van der Waals surface area contributed by atoms with E-state index in [9.17, 15) is 4.79 Å². The molecule has 7 nitrogen and oxygen atoms in total. The summed E-state index contributed by atoms with van der Waals surface area (Å²) in [6.45, 7) is 4.23. The van der Waals surface area contributed by atoms with Crippen LogP contribution in [-0.4, -0.2) is 65.4 Å². The van der Waals surface area contributed by atoms with Gasteiger partial charge < -0.3 is 15.0 Å². The van der Waals surface area contributed by atoms with E-state index in [1.807, 2.05) is 7.05 Å². The molecule has 1 unspecified atom stereocenters. The minimum absolute atomic E-state index is 0.0396. The monoisotopic (exact) mass is 239 g/mol. The first-order chi connectivity index (χ1) is 8.20. The van der Waals surface area contributed by atoms with E-state index in [1.165, 1.54) is 0 Å². The quantitative estimate of drug-likeness (QED) is 0.719. The van der Waals surface area contributed by atoms with Gasteiger partial charge in [0.2, 0.25) is 5.82 Å². The highest BCUT2D eigenvalue weighted by atomic mass is 16.5. The van der Waals surface area contributed by atoms with Gasteiger partial charge in [-0.1, -0.05) is 0 Å². The molecule has 1 aromatic rings. The Kier molecular flexibility index (Phi) is 3.70. The maximum Gasteiger partial charge on any atom is 0.293 e. The Labute approximate surface area is 99.5 Å². The van der Waals surface area contributed by atoms with Crippen molar-refractivity contribution in [3.63, 3.8) is 0 Å². The maximum atomic E-state index is 12.1. The SMILES string of the molecule is CNCC1CN(C(=O)c2n[nH]c(C)n2)CCO1. The number of ether oxygens (including phenoxy) is 1. The summed E-state index contributed by atoms with van der Waals surface area (Å²) in [7, 11) is 1.86. The van der Waals surface area contributed by atoms with E-state index in [-0.39, 0.29) is 17.8 Å². The van der Waals surface area contributed by atoms with Crippen LogP contribution in [0.4, 0.5) is 0 Å². The highest BCUT2D eigenvalue weighted by molar-refractivity contribution is 5.90. The number of likely N-dealkylation sites (N-methyl/N-ethyl adjacent to an activating group) is 1. The summed E-state index contributed by atoms with van der Waals surface area (Å²) in [5.74, 6) is 0.736. The molecule has 1 atom stereocenters. The van der Waals surface area contributed by atoms with Crippen LogP contribution in [-0.2, 0) is 4.74 Å². The number of amides is 1. The Morgan fingerprint density at radius 1 is 1.71 bits per heavy atom. The second-order valence-electron chi connectivity index (χ2n) is 4.05. The lowest BCUT2D eigenvalue weighted by molar-refractivity contribution is -0.0200. The van der Waals surface area contributed by atoms with Crippen molar-refractivity contribution >= 4 is 5.91 Å². The van der Waals surface area contributed by atoms with Crippen LogP contribution in [0.5, 0.6) is 0 Å². The summed E-state index contributed by atoms with van der Waals surface area (Å²) in [6, 6.07) is 0. The highest BCUT2D eigenvalue weighted by Crippen LogP contribution is 2.07. The third-order valence-corrected chi connectivity index (χ3v) is 2.65. The van der Waals surface area contributed by atoms with E-state index < -0.39 is 0 Å². The van der Waals surface area contributed by atoms with Gasteiger partial charge in [-0.3, -0.25) is 9.89 Å². The molecule has 1 amide bonds. The molecule has 1 fully saturated rings. The van der Waals surface area contributed by atoms with Crippen molar-refractivity contribution in [1.82, 2.24) is 25.4 Å². The molecule has 0 aliphatic carbocycles. The topological polar surface area (TPSA) is 83.1 Å². The van der Waals surface area contributed by atoms with Gasteiger partial charge in [0.25, 0.3) is 5.91 Å². The van der Waals surface area contributed by atoms with Gasteiger partial charge >= 0.3 is 0 Å². The van der Waals surface area contributed by atoms with Crippen molar-refractivity contribution < 1.29 is 9.53 Å². The normalized spacial score (nSPS) is 20.6. The fraction of sp³-hybridized carbons (Fsp3) is 0.700. The molecule has 2 N–H and O–H groups in total. The molecule has 94 valence electrons. The van der Waals surface area contributed by atoms with Gasteiger partial charge in [0.1, 0.15) is 5.82 Å². The van der Waals surface area contributed by atoms with Crippen LogP contribution >= 0.6 is 0 Å². The first-order valence-corrected chi connectivity index (χ1v) is 5.65. The smallest absolute Gasteiger partial charge is 0.293 e. The first kappa shape index (κ1) is 12.0.